The third kappa shape index (κ3) is 8.83. The minimum atomic E-state index is -0.364. The molecule has 0 fully saturated rings. The lowest BCUT2D eigenvalue weighted by molar-refractivity contribution is -0.627. The molecule has 4 aromatic rings. The van der Waals surface area contributed by atoms with Gasteiger partial charge in [-0.3, -0.25) is 23.5 Å². The van der Waals surface area contributed by atoms with Crippen LogP contribution in [0.5, 0.6) is 11.8 Å². The number of rotatable bonds is 14. The van der Waals surface area contributed by atoms with Crippen LogP contribution in [-0.2, 0) is 13.1 Å². The van der Waals surface area contributed by atoms with Gasteiger partial charge in [0.25, 0.3) is 17.0 Å². The molecule has 0 unspecified atom stereocenters. The van der Waals surface area contributed by atoms with Gasteiger partial charge in [0, 0.05) is 49.3 Å². The molecule has 246 valence electrons. The van der Waals surface area contributed by atoms with Crippen molar-refractivity contribution in [2.75, 3.05) is 32.5 Å². The molecule has 0 aliphatic carbocycles. The number of azo groups is 2. The van der Waals surface area contributed by atoms with Crippen molar-refractivity contribution in [2.45, 2.75) is 39.8 Å². The van der Waals surface area contributed by atoms with Crippen molar-refractivity contribution in [1.29, 1.82) is 0 Å². The summed E-state index contributed by atoms with van der Waals surface area (Å²) >= 11 is 0. The number of benzene rings is 2. The number of carbonyl (C=O) groups is 1. The van der Waals surface area contributed by atoms with Crippen LogP contribution in [-0.4, -0.2) is 52.4 Å². The predicted molar refractivity (Wildman–Crippen MR) is 178 cm³/mol. The van der Waals surface area contributed by atoms with Gasteiger partial charge in [-0.1, -0.05) is 6.07 Å². The molecule has 0 atom stereocenters. The van der Waals surface area contributed by atoms with E-state index in [0.717, 1.165) is 13.1 Å². The standard InChI is InChI=1S/C33H39N9O5/c1-21-18-27(43)41(16-6-14-34-3)32(46)29(21)39-37-24-12-10-23(11-13-24)31(45)36-25-8-5-9-26(20-25)38-40-30-22(2)19-28(44)42(33(30)47)17-7-15-35-4/h5,8-13,18-20,34-35,46-47H,6-7,14-17H2,1-4H3,(H,36,45)/p+2. The van der Waals surface area contributed by atoms with Crippen molar-refractivity contribution < 1.29 is 25.6 Å². The number of nitrogens with zero attached hydrogens (tertiary/aromatic N) is 6. The lowest BCUT2D eigenvalue weighted by Gasteiger charge is -2.11. The van der Waals surface area contributed by atoms with Gasteiger partial charge in [0.15, 0.2) is 0 Å². The number of nitrogens with one attached hydrogen (secondary N) is 1. The van der Waals surface area contributed by atoms with Crippen molar-refractivity contribution in [1.82, 2.24) is 9.13 Å². The van der Waals surface area contributed by atoms with Crippen LogP contribution in [0.1, 0.15) is 34.3 Å². The van der Waals surface area contributed by atoms with Crippen molar-refractivity contribution in [3.8, 4) is 11.8 Å². The number of quaternary nitrogens is 2. The zero-order valence-corrected chi connectivity index (χ0v) is 27.0. The van der Waals surface area contributed by atoms with Crippen LogP contribution in [0.2, 0.25) is 0 Å². The summed E-state index contributed by atoms with van der Waals surface area (Å²) in [6, 6.07) is 16.1. The molecule has 0 saturated carbocycles. The Hall–Kier alpha value is -5.47. The van der Waals surface area contributed by atoms with Crippen molar-refractivity contribution in [3.05, 3.63) is 98.1 Å². The molecule has 2 heterocycles. The highest BCUT2D eigenvalue weighted by molar-refractivity contribution is 6.04. The highest BCUT2D eigenvalue weighted by Gasteiger charge is 2.14. The van der Waals surface area contributed by atoms with Gasteiger partial charge in [0.05, 0.1) is 38.6 Å². The molecule has 0 radical (unpaired) electrons. The highest BCUT2D eigenvalue weighted by atomic mass is 16.3. The second kappa shape index (κ2) is 16.2. The van der Waals surface area contributed by atoms with E-state index in [1.54, 1.807) is 62.4 Å². The average Bonchev–Trinajstić information content (AvgIpc) is 3.04. The van der Waals surface area contributed by atoms with Gasteiger partial charge >= 0.3 is 0 Å². The number of hydrogen-bond acceptors (Lipinski definition) is 9. The van der Waals surface area contributed by atoms with Crippen molar-refractivity contribution >= 4 is 34.3 Å². The summed E-state index contributed by atoms with van der Waals surface area (Å²) in [5, 5.41) is 45.1. The van der Waals surface area contributed by atoms with E-state index >= 15 is 0 Å². The third-order valence-corrected chi connectivity index (χ3v) is 7.41. The summed E-state index contributed by atoms with van der Waals surface area (Å²) in [6.45, 7) is 5.72. The predicted octanol–water partition coefficient (Wildman–Crippen LogP) is 3.29. The number of aromatic hydroxyl groups is 2. The lowest BCUT2D eigenvalue weighted by atomic mass is 10.2. The van der Waals surface area contributed by atoms with Crippen molar-refractivity contribution in [3.63, 3.8) is 0 Å². The number of amides is 1. The molecule has 0 aliphatic heterocycles. The van der Waals surface area contributed by atoms with Crippen LogP contribution in [0.3, 0.4) is 0 Å². The monoisotopic (exact) mass is 643 g/mol. The van der Waals surface area contributed by atoms with Crippen LogP contribution >= 0.6 is 0 Å². The number of hydrogen-bond donors (Lipinski definition) is 5. The summed E-state index contributed by atoms with van der Waals surface area (Å²) in [6.07, 6.45) is 1.42. The van der Waals surface area contributed by atoms with Gasteiger partial charge in [-0.15, -0.1) is 10.2 Å². The molecular weight excluding hydrogens is 602 g/mol. The number of nitrogens with two attached hydrogens (primary N) is 2. The molecule has 0 bridgehead atoms. The smallest absolute Gasteiger partial charge is 0.255 e. The van der Waals surface area contributed by atoms with E-state index in [1.807, 2.05) is 24.7 Å². The Morgan fingerprint density at radius 3 is 1.74 bits per heavy atom. The first-order chi connectivity index (χ1) is 22.6. The fourth-order valence-electron chi connectivity index (χ4n) is 4.81. The summed E-state index contributed by atoms with van der Waals surface area (Å²) in [5.74, 6) is -0.832. The Balaban J connectivity index is 1.44. The Bertz CT molecular complexity index is 1900. The van der Waals surface area contributed by atoms with Crippen LogP contribution < -0.4 is 27.1 Å². The first kappa shape index (κ1) is 34.4. The van der Waals surface area contributed by atoms with Gasteiger partial charge in [-0.2, -0.15) is 10.2 Å². The molecular formula is C33H41N9O5+2. The van der Waals surface area contributed by atoms with E-state index in [0.29, 0.717) is 59.7 Å². The molecule has 47 heavy (non-hydrogen) atoms. The maximum Gasteiger partial charge on any atom is 0.255 e. The zero-order valence-electron chi connectivity index (χ0n) is 27.0. The van der Waals surface area contributed by atoms with E-state index in [-0.39, 0.29) is 40.2 Å². The number of carbonyl (C=O) groups excluding carboxylic acids is 1. The fourth-order valence-corrected chi connectivity index (χ4v) is 4.81. The van der Waals surface area contributed by atoms with Crippen LogP contribution in [0, 0.1) is 13.8 Å². The second-order valence-corrected chi connectivity index (χ2v) is 11.0. The molecule has 1 amide bonds. The normalized spacial score (nSPS) is 11.5. The summed E-state index contributed by atoms with van der Waals surface area (Å²) in [4.78, 5) is 37.7. The van der Waals surface area contributed by atoms with E-state index in [2.05, 4.69) is 25.8 Å². The molecule has 7 N–H and O–H groups in total. The minimum absolute atomic E-state index is 0.203. The van der Waals surface area contributed by atoms with Crippen molar-refractivity contribution in [2.24, 2.45) is 20.5 Å². The van der Waals surface area contributed by atoms with E-state index in [1.165, 1.54) is 21.3 Å². The van der Waals surface area contributed by atoms with Gasteiger partial charge in [0.2, 0.25) is 11.8 Å². The molecule has 0 spiro atoms. The zero-order chi connectivity index (χ0) is 33.9. The van der Waals surface area contributed by atoms with Gasteiger partial charge < -0.3 is 26.2 Å². The molecule has 4 rings (SSSR count). The van der Waals surface area contributed by atoms with Crippen LogP contribution in [0.4, 0.5) is 28.4 Å². The van der Waals surface area contributed by atoms with Gasteiger partial charge in [-0.05, 0) is 67.4 Å². The quantitative estimate of drug-likeness (QED) is 0.104. The summed E-state index contributed by atoms with van der Waals surface area (Å²) in [7, 11) is 3.88. The maximum absolute atomic E-state index is 13.0. The Morgan fingerprint density at radius 2 is 1.23 bits per heavy atom. The minimum Gasteiger partial charge on any atom is -0.493 e. The SMILES string of the molecule is C[NH2+]CCCn1c(O)c(N=Nc2ccc(C(=O)Nc3cccc(N=Nc4c(C)cc(=O)n(CCC[NH2+]C)c4O)c3)cc2)c(C)cc1=O. The Labute approximate surface area is 271 Å². The molecule has 0 saturated heterocycles. The molecule has 14 heteroatoms. The molecule has 2 aromatic heterocycles. The fraction of sp³-hybridized carbons (Fsp3) is 0.303. The highest BCUT2D eigenvalue weighted by Crippen LogP contribution is 2.32. The van der Waals surface area contributed by atoms with E-state index in [4.69, 9.17) is 0 Å². The van der Waals surface area contributed by atoms with E-state index < -0.39 is 0 Å². The maximum atomic E-state index is 13.0. The number of aryl methyl sites for hydroxylation is 2. The van der Waals surface area contributed by atoms with Crippen LogP contribution in [0.15, 0.2) is 90.7 Å². The Kier molecular flexibility index (Phi) is 11.9. The average molecular weight is 644 g/mol. The number of aromatic nitrogens is 2. The Morgan fingerprint density at radius 1 is 0.723 bits per heavy atom. The number of anilines is 1. The molecule has 0 aliphatic rings. The third-order valence-electron chi connectivity index (χ3n) is 7.41. The largest absolute Gasteiger partial charge is 0.493 e. The number of pyridine rings is 2. The summed E-state index contributed by atoms with van der Waals surface area (Å²) in [5.41, 5.74) is 2.56. The van der Waals surface area contributed by atoms with Gasteiger partial charge in [-0.25, -0.2) is 0 Å². The van der Waals surface area contributed by atoms with E-state index in [9.17, 15) is 24.6 Å². The first-order valence-corrected chi connectivity index (χ1v) is 15.4. The topological polar surface area (TPSA) is 196 Å². The molecule has 2 aromatic carbocycles. The van der Waals surface area contributed by atoms with Crippen LogP contribution in [0.25, 0.3) is 0 Å². The lowest BCUT2D eigenvalue weighted by Crippen LogP contribution is -2.79. The summed E-state index contributed by atoms with van der Waals surface area (Å²) < 4.78 is 2.57. The second-order valence-electron chi connectivity index (χ2n) is 11.0. The van der Waals surface area contributed by atoms with Gasteiger partial charge in [0.1, 0.15) is 11.4 Å². The first-order valence-electron chi connectivity index (χ1n) is 15.4. The molecule has 14 nitrogen and oxygen atoms in total.